The minimum absolute atomic E-state index is 0.0126. The van der Waals surface area contributed by atoms with E-state index in [0.29, 0.717) is 25.0 Å². The molecule has 0 spiro atoms. The maximum Gasteiger partial charge on any atom is 0.225 e. The highest BCUT2D eigenvalue weighted by Gasteiger charge is 2.55. The van der Waals surface area contributed by atoms with Crippen LogP contribution in [0.1, 0.15) is 220 Å². The van der Waals surface area contributed by atoms with Crippen molar-refractivity contribution in [3.8, 4) is 0 Å². The van der Waals surface area contributed by atoms with E-state index < -0.39 is 27.6 Å². The van der Waals surface area contributed by atoms with Crippen molar-refractivity contribution in [1.82, 2.24) is 30.9 Å². The first kappa shape index (κ1) is 62.8. The molecule has 392 valence electrons. The highest BCUT2D eigenvalue weighted by Crippen LogP contribution is 2.45. The minimum atomic E-state index is -0.617. The summed E-state index contributed by atoms with van der Waals surface area (Å²) in [4.78, 5) is 36.6. The van der Waals surface area contributed by atoms with E-state index in [-0.39, 0.29) is 68.0 Å². The number of ketones is 1. The van der Waals surface area contributed by atoms with Crippen molar-refractivity contribution in [1.29, 1.82) is 0 Å². The number of amides is 2. The topological polar surface area (TPSA) is 169 Å². The van der Waals surface area contributed by atoms with Gasteiger partial charge in [-0.2, -0.15) is 20.3 Å². The van der Waals surface area contributed by atoms with Crippen LogP contribution in [-0.2, 0) is 14.4 Å². The van der Waals surface area contributed by atoms with E-state index in [2.05, 4.69) is 92.9 Å². The molecule has 0 aromatic carbocycles. The molecular weight excluding hydrogens is 845 g/mol. The van der Waals surface area contributed by atoms with Crippen molar-refractivity contribution in [2.24, 2.45) is 27.6 Å². The van der Waals surface area contributed by atoms with Crippen molar-refractivity contribution in [2.75, 3.05) is 6.54 Å². The molecule has 4 heterocycles. The molecule has 0 aromatic heterocycles. The predicted octanol–water partition coefficient (Wildman–Crippen LogP) is 11.4. The molecule has 2 unspecified atom stereocenters. The molecule has 0 aromatic rings. The minimum Gasteiger partial charge on any atom is -0.355 e. The lowest BCUT2D eigenvalue weighted by Gasteiger charge is -2.37. The Morgan fingerprint density at radius 1 is 0.567 bits per heavy atom. The molecule has 4 rings (SSSR count). The summed E-state index contributed by atoms with van der Waals surface area (Å²) in [6.45, 7) is 57.0. The summed E-state index contributed by atoms with van der Waals surface area (Å²) in [5.74, 6) is 0.0215. The molecule has 2 saturated heterocycles. The van der Waals surface area contributed by atoms with Crippen molar-refractivity contribution in [3.05, 3.63) is 23.3 Å². The second-order valence-corrected chi connectivity index (χ2v) is 29.2. The van der Waals surface area contributed by atoms with Gasteiger partial charge >= 0.3 is 0 Å². The summed E-state index contributed by atoms with van der Waals surface area (Å²) in [6, 6.07) is -0.0210. The van der Waals surface area contributed by atoms with Crippen LogP contribution in [0.2, 0.25) is 0 Å². The Hall–Kier alpha value is -2.23. The zero-order valence-electron chi connectivity index (χ0n) is 48.1. The molecular formula is C54H104N6O7. The van der Waals surface area contributed by atoms with Crippen molar-refractivity contribution in [2.45, 2.75) is 270 Å². The molecule has 2 amide bonds. The molecule has 2 fully saturated rings. The number of carbonyl (C=O) groups is 3. The molecule has 2 atom stereocenters. The summed E-state index contributed by atoms with van der Waals surface area (Å²) in [7, 11) is 0. The van der Waals surface area contributed by atoms with Gasteiger partial charge in [-0.1, -0.05) is 95.2 Å². The van der Waals surface area contributed by atoms with E-state index in [1.807, 2.05) is 124 Å². The first-order valence-electron chi connectivity index (χ1n) is 24.7. The number of hydrogen-bond donors (Lipinski definition) is 6. The van der Waals surface area contributed by atoms with E-state index in [1.54, 1.807) is 0 Å². The Kier molecular flexibility index (Phi) is 18.8. The largest absolute Gasteiger partial charge is 0.355 e. The van der Waals surface area contributed by atoms with E-state index >= 15 is 0 Å². The SMILES string of the molecule is CC(C)(C)C(=O)C1=CC(C)(C)N(O)C1(C)C.CC(C)(C)CC(=O)NC1CC(C)(C)N(O)C1(C)C.CC(C)(C)CC1=CC(C)(C)N(O)C1(C)C.CC(C)(C)CNC(=O)C1CC(C)(C)N(O)C1(C)C. The van der Waals surface area contributed by atoms with Gasteiger partial charge < -0.3 is 31.5 Å². The van der Waals surface area contributed by atoms with Crippen LogP contribution in [-0.4, -0.2) is 116 Å². The summed E-state index contributed by atoms with van der Waals surface area (Å²) >= 11 is 0. The molecule has 0 aliphatic carbocycles. The Balaban J connectivity index is 0.000000448. The molecule has 13 heteroatoms. The van der Waals surface area contributed by atoms with Crippen LogP contribution in [0, 0.1) is 27.6 Å². The normalized spacial score (nSPS) is 26.1. The lowest BCUT2D eigenvalue weighted by molar-refractivity contribution is -0.197. The Labute approximate surface area is 409 Å². The van der Waals surface area contributed by atoms with Crippen LogP contribution >= 0.6 is 0 Å². The second kappa shape index (κ2) is 20.1. The third kappa shape index (κ3) is 15.9. The van der Waals surface area contributed by atoms with Gasteiger partial charge in [0.2, 0.25) is 11.8 Å². The van der Waals surface area contributed by atoms with Gasteiger partial charge in [-0.3, -0.25) is 14.4 Å². The predicted molar refractivity (Wildman–Crippen MR) is 273 cm³/mol. The fourth-order valence-electron chi connectivity index (χ4n) is 9.90. The first-order valence-corrected chi connectivity index (χ1v) is 24.7. The fraction of sp³-hybridized carbons (Fsp3) is 0.870. The molecule has 0 bridgehead atoms. The molecule has 13 nitrogen and oxygen atoms in total. The number of nitrogens with zero attached hydrogens (tertiary/aromatic N) is 4. The van der Waals surface area contributed by atoms with Gasteiger partial charge in [0.05, 0.1) is 45.2 Å². The molecule has 67 heavy (non-hydrogen) atoms. The summed E-state index contributed by atoms with van der Waals surface area (Å²) in [5.41, 5.74) is -1.24. The molecule has 6 N–H and O–H groups in total. The smallest absolute Gasteiger partial charge is 0.225 e. The quantitative estimate of drug-likeness (QED) is 0.140. The highest BCUT2D eigenvalue weighted by atomic mass is 16.5. The van der Waals surface area contributed by atoms with E-state index in [0.717, 1.165) is 12.8 Å². The van der Waals surface area contributed by atoms with Gasteiger partial charge in [0.15, 0.2) is 5.78 Å². The van der Waals surface area contributed by atoms with Crippen LogP contribution in [0.3, 0.4) is 0 Å². The van der Waals surface area contributed by atoms with Gasteiger partial charge in [-0.15, -0.1) is 0 Å². The van der Waals surface area contributed by atoms with Crippen LogP contribution in [0.15, 0.2) is 23.3 Å². The van der Waals surface area contributed by atoms with E-state index in [1.165, 1.54) is 25.8 Å². The zero-order chi connectivity index (χ0) is 53.7. The number of hydroxylamine groups is 8. The Morgan fingerprint density at radius 2 is 0.985 bits per heavy atom. The van der Waals surface area contributed by atoms with E-state index in [4.69, 9.17) is 0 Å². The summed E-state index contributed by atoms with van der Waals surface area (Å²) < 4.78 is 0. The monoisotopic (exact) mass is 949 g/mol. The Bertz CT molecular complexity index is 1810. The number of rotatable bonds is 6. The lowest BCUT2D eigenvalue weighted by Crippen LogP contribution is -2.53. The average molecular weight is 949 g/mol. The third-order valence-corrected chi connectivity index (χ3v) is 13.8. The van der Waals surface area contributed by atoms with E-state index in [9.17, 15) is 35.2 Å². The van der Waals surface area contributed by atoms with Crippen molar-refractivity contribution >= 4 is 17.6 Å². The molecule has 0 saturated carbocycles. The van der Waals surface area contributed by atoms with Gasteiger partial charge in [-0.05, 0) is 152 Å². The van der Waals surface area contributed by atoms with Gasteiger partial charge in [-0.25, -0.2) is 0 Å². The maximum absolute atomic E-state index is 12.3. The summed E-state index contributed by atoms with van der Waals surface area (Å²) in [5, 5.41) is 52.1. The molecule has 0 radical (unpaired) electrons. The van der Waals surface area contributed by atoms with Crippen molar-refractivity contribution in [3.63, 3.8) is 0 Å². The molecule has 4 aliphatic heterocycles. The number of carbonyl (C=O) groups excluding carboxylic acids is 3. The number of hydrogen-bond acceptors (Lipinski definition) is 11. The van der Waals surface area contributed by atoms with Crippen LogP contribution in [0.25, 0.3) is 0 Å². The van der Waals surface area contributed by atoms with Crippen molar-refractivity contribution < 1.29 is 35.2 Å². The maximum atomic E-state index is 12.3. The standard InChI is InChI=1S/2C14H28N2O2.C13H23NO2.C13H25NO/c1-12(2,3)9-15-11(17)10-8-13(4,5)16(18)14(10,6)7;1-12(2,3)9-11(17)15-10-8-13(4,5)16(18)14(10,6)7;1-11(2,3)10(15)9-8-12(4,5)14(16)13(9,6)7;1-11(2,3)8-10-9-12(4,5)14(15)13(10,6)7/h2*10,18H,8-9H2,1-7H3,(H,15,17);8,16H,1-7H3;9,15H,8H2,1-7H3. The fourth-order valence-corrected chi connectivity index (χ4v) is 9.90. The zero-order valence-corrected chi connectivity index (χ0v) is 48.1. The lowest BCUT2D eigenvalue weighted by atomic mass is 9.80. The molecule has 4 aliphatic rings. The third-order valence-electron chi connectivity index (χ3n) is 13.8. The van der Waals surface area contributed by atoms with Gasteiger partial charge in [0.25, 0.3) is 0 Å². The van der Waals surface area contributed by atoms with Gasteiger partial charge in [0.1, 0.15) is 0 Å². The highest BCUT2D eigenvalue weighted by molar-refractivity contribution is 6.01. The van der Waals surface area contributed by atoms with Crippen LogP contribution in [0.4, 0.5) is 0 Å². The first-order chi connectivity index (χ1) is 29.1. The van der Waals surface area contributed by atoms with Crippen LogP contribution in [0.5, 0.6) is 0 Å². The average Bonchev–Trinajstić information content (AvgIpc) is 3.52. The Morgan fingerprint density at radius 3 is 1.28 bits per heavy atom. The number of Topliss-reactive ketones (excluding diaryl/α,β-unsaturated/α-hetero) is 1. The summed E-state index contributed by atoms with van der Waals surface area (Å²) in [6.07, 6.45) is 7.05. The number of nitrogens with one attached hydrogen (secondary N) is 2. The van der Waals surface area contributed by atoms with Crippen LogP contribution < -0.4 is 10.6 Å². The second-order valence-electron chi connectivity index (χ2n) is 29.2. The van der Waals surface area contributed by atoms with Gasteiger partial charge in [0, 0.05) is 35.0 Å².